The number of rotatable bonds is 12. The average molecular weight is 285 g/mol. The highest BCUT2D eigenvalue weighted by Gasteiger charge is 2.22. The van der Waals surface area contributed by atoms with Crippen LogP contribution in [0.4, 0.5) is 0 Å². The van der Waals surface area contributed by atoms with Crippen molar-refractivity contribution in [2.24, 2.45) is 11.8 Å². The SMILES string of the molecule is CCCCCCCCNC(=O)C(CC)CC(C)C(=O)O. The van der Waals surface area contributed by atoms with Crippen LogP contribution >= 0.6 is 0 Å². The minimum absolute atomic E-state index is 0.00848. The van der Waals surface area contributed by atoms with Crippen LogP contribution in [0.2, 0.25) is 0 Å². The van der Waals surface area contributed by atoms with Crippen molar-refractivity contribution in [3.8, 4) is 0 Å². The van der Waals surface area contributed by atoms with E-state index in [0.29, 0.717) is 19.4 Å². The first-order valence-electron chi connectivity index (χ1n) is 8.03. The predicted molar refractivity (Wildman–Crippen MR) is 81.6 cm³/mol. The van der Waals surface area contributed by atoms with E-state index in [1.807, 2.05) is 6.92 Å². The number of carbonyl (C=O) groups is 2. The van der Waals surface area contributed by atoms with Crippen molar-refractivity contribution >= 4 is 11.9 Å². The molecule has 0 aliphatic rings. The molecule has 2 N–H and O–H groups in total. The van der Waals surface area contributed by atoms with Crippen LogP contribution in [0.15, 0.2) is 0 Å². The Balaban J connectivity index is 3.79. The Bertz CT molecular complexity index is 279. The molecule has 0 bridgehead atoms. The molecule has 0 radical (unpaired) electrons. The average Bonchev–Trinajstić information content (AvgIpc) is 2.43. The van der Waals surface area contributed by atoms with Crippen LogP contribution in [0, 0.1) is 11.8 Å². The summed E-state index contributed by atoms with van der Waals surface area (Å²) in [5.41, 5.74) is 0. The van der Waals surface area contributed by atoms with Gasteiger partial charge in [0.05, 0.1) is 5.92 Å². The van der Waals surface area contributed by atoms with E-state index in [1.165, 1.54) is 25.7 Å². The zero-order valence-electron chi connectivity index (χ0n) is 13.3. The molecule has 20 heavy (non-hydrogen) atoms. The predicted octanol–water partition coefficient (Wildman–Crippen LogP) is 3.60. The fraction of sp³-hybridized carbons (Fsp3) is 0.875. The van der Waals surface area contributed by atoms with Gasteiger partial charge in [-0.2, -0.15) is 0 Å². The Kier molecular flexibility index (Phi) is 11.1. The lowest BCUT2D eigenvalue weighted by Gasteiger charge is -2.17. The molecular weight excluding hydrogens is 254 g/mol. The second-order valence-corrected chi connectivity index (χ2v) is 5.64. The van der Waals surface area contributed by atoms with Crippen molar-refractivity contribution in [1.82, 2.24) is 5.32 Å². The fourth-order valence-corrected chi connectivity index (χ4v) is 2.25. The maximum absolute atomic E-state index is 12.0. The van der Waals surface area contributed by atoms with Gasteiger partial charge in [0.2, 0.25) is 5.91 Å². The van der Waals surface area contributed by atoms with Crippen LogP contribution in [-0.2, 0) is 9.59 Å². The van der Waals surface area contributed by atoms with Gasteiger partial charge in [0.1, 0.15) is 0 Å². The first kappa shape index (κ1) is 18.9. The van der Waals surface area contributed by atoms with Crippen LogP contribution in [0.1, 0.15) is 72.1 Å². The van der Waals surface area contributed by atoms with Gasteiger partial charge >= 0.3 is 5.97 Å². The summed E-state index contributed by atoms with van der Waals surface area (Å²) in [4.78, 5) is 22.8. The van der Waals surface area contributed by atoms with E-state index in [1.54, 1.807) is 6.92 Å². The third-order valence-corrected chi connectivity index (χ3v) is 3.75. The summed E-state index contributed by atoms with van der Waals surface area (Å²) in [6, 6.07) is 0. The van der Waals surface area contributed by atoms with Crippen molar-refractivity contribution in [1.29, 1.82) is 0 Å². The van der Waals surface area contributed by atoms with Gasteiger partial charge in [-0.05, 0) is 19.3 Å². The number of aliphatic carboxylic acids is 1. The number of carboxylic acid groups (broad SMARTS) is 1. The van der Waals surface area contributed by atoms with Gasteiger partial charge in [0, 0.05) is 12.5 Å². The number of amides is 1. The summed E-state index contributed by atoms with van der Waals surface area (Å²) in [5, 5.41) is 11.8. The third-order valence-electron chi connectivity index (χ3n) is 3.75. The zero-order valence-corrected chi connectivity index (χ0v) is 13.3. The molecule has 118 valence electrons. The molecule has 0 heterocycles. The lowest BCUT2D eigenvalue weighted by atomic mass is 9.93. The van der Waals surface area contributed by atoms with Crippen LogP contribution < -0.4 is 5.32 Å². The molecule has 0 rings (SSSR count). The molecule has 0 saturated carbocycles. The second-order valence-electron chi connectivity index (χ2n) is 5.64. The zero-order chi connectivity index (χ0) is 15.4. The van der Waals surface area contributed by atoms with Crippen LogP contribution in [0.5, 0.6) is 0 Å². The maximum Gasteiger partial charge on any atom is 0.306 e. The summed E-state index contributed by atoms with van der Waals surface area (Å²) in [7, 11) is 0. The van der Waals surface area contributed by atoms with Crippen molar-refractivity contribution < 1.29 is 14.7 Å². The van der Waals surface area contributed by atoms with Gasteiger partial charge in [-0.1, -0.05) is 52.9 Å². The van der Waals surface area contributed by atoms with E-state index >= 15 is 0 Å². The smallest absolute Gasteiger partial charge is 0.306 e. The number of carboxylic acids is 1. The minimum atomic E-state index is -0.827. The minimum Gasteiger partial charge on any atom is -0.481 e. The fourth-order valence-electron chi connectivity index (χ4n) is 2.25. The highest BCUT2D eigenvalue weighted by Crippen LogP contribution is 2.16. The van der Waals surface area contributed by atoms with Crippen molar-refractivity contribution in [3.05, 3.63) is 0 Å². The molecule has 0 aromatic heterocycles. The molecule has 0 aliphatic carbocycles. The first-order valence-corrected chi connectivity index (χ1v) is 8.03. The standard InChI is InChI=1S/C16H31NO3/c1-4-6-7-8-9-10-11-17-15(18)14(5-2)12-13(3)16(19)20/h13-14H,4-12H2,1-3H3,(H,17,18)(H,19,20). The van der Waals surface area contributed by atoms with Gasteiger partial charge in [-0.15, -0.1) is 0 Å². The Hall–Kier alpha value is -1.06. The van der Waals surface area contributed by atoms with Crippen molar-refractivity contribution in [2.45, 2.75) is 72.1 Å². The van der Waals surface area contributed by atoms with Gasteiger partial charge in [-0.25, -0.2) is 0 Å². The summed E-state index contributed by atoms with van der Waals surface area (Å²) in [6.45, 7) is 6.50. The second kappa shape index (κ2) is 11.7. The largest absolute Gasteiger partial charge is 0.481 e. The molecule has 0 saturated heterocycles. The molecular formula is C16H31NO3. The van der Waals surface area contributed by atoms with E-state index in [4.69, 9.17) is 5.11 Å². The molecule has 2 atom stereocenters. The monoisotopic (exact) mass is 285 g/mol. The lowest BCUT2D eigenvalue weighted by Crippen LogP contribution is -2.33. The maximum atomic E-state index is 12.0. The number of nitrogens with one attached hydrogen (secondary N) is 1. The normalized spacial score (nSPS) is 13.8. The Morgan fingerprint density at radius 2 is 1.65 bits per heavy atom. The molecule has 0 fully saturated rings. The van der Waals surface area contributed by atoms with Gasteiger partial charge in [0.25, 0.3) is 0 Å². The molecule has 0 aromatic rings. The highest BCUT2D eigenvalue weighted by atomic mass is 16.4. The van der Waals surface area contributed by atoms with Crippen LogP contribution in [-0.4, -0.2) is 23.5 Å². The number of unbranched alkanes of at least 4 members (excludes halogenated alkanes) is 5. The van der Waals surface area contributed by atoms with E-state index < -0.39 is 11.9 Å². The Labute approximate surface area is 123 Å². The lowest BCUT2D eigenvalue weighted by molar-refractivity contribution is -0.142. The Morgan fingerprint density at radius 1 is 1.05 bits per heavy atom. The van der Waals surface area contributed by atoms with E-state index in [2.05, 4.69) is 12.2 Å². The van der Waals surface area contributed by atoms with Gasteiger partial charge in [-0.3, -0.25) is 9.59 Å². The van der Waals surface area contributed by atoms with Crippen molar-refractivity contribution in [3.63, 3.8) is 0 Å². The number of hydrogen-bond donors (Lipinski definition) is 2. The first-order chi connectivity index (χ1) is 9.52. The van der Waals surface area contributed by atoms with Gasteiger partial charge < -0.3 is 10.4 Å². The van der Waals surface area contributed by atoms with E-state index in [0.717, 1.165) is 12.8 Å². The topological polar surface area (TPSA) is 66.4 Å². The molecule has 2 unspecified atom stereocenters. The molecule has 0 aliphatic heterocycles. The molecule has 0 aromatic carbocycles. The summed E-state index contributed by atoms with van der Waals surface area (Å²) >= 11 is 0. The highest BCUT2D eigenvalue weighted by molar-refractivity contribution is 5.79. The third kappa shape index (κ3) is 8.94. The van der Waals surface area contributed by atoms with E-state index in [-0.39, 0.29) is 11.8 Å². The summed E-state index contributed by atoms with van der Waals surface area (Å²) in [5.74, 6) is -1.46. The quantitative estimate of drug-likeness (QED) is 0.538. The number of carbonyl (C=O) groups excluding carboxylic acids is 1. The van der Waals surface area contributed by atoms with Crippen LogP contribution in [0.25, 0.3) is 0 Å². The molecule has 1 amide bonds. The molecule has 4 nitrogen and oxygen atoms in total. The van der Waals surface area contributed by atoms with Crippen LogP contribution in [0.3, 0.4) is 0 Å². The van der Waals surface area contributed by atoms with E-state index in [9.17, 15) is 9.59 Å². The molecule has 4 heteroatoms. The number of hydrogen-bond acceptors (Lipinski definition) is 2. The van der Waals surface area contributed by atoms with Crippen molar-refractivity contribution in [2.75, 3.05) is 6.54 Å². The summed E-state index contributed by atoms with van der Waals surface area (Å²) in [6.07, 6.45) is 8.33. The molecule has 0 spiro atoms. The summed E-state index contributed by atoms with van der Waals surface area (Å²) < 4.78 is 0. The Morgan fingerprint density at radius 3 is 2.20 bits per heavy atom. The van der Waals surface area contributed by atoms with Gasteiger partial charge in [0.15, 0.2) is 0 Å².